The Bertz CT molecular complexity index is 726. The van der Waals surface area contributed by atoms with Crippen LogP contribution in [0.3, 0.4) is 0 Å². The lowest BCUT2D eigenvalue weighted by Crippen LogP contribution is -2.08. The van der Waals surface area contributed by atoms with Gasteiger partial charge in [0.05, 0.1) is 0 Å². The lowest BCUT2D eigenvalue weighted by Gasteiger charge is -2.12. The first-order valence-corrected chi connectivity index (χ1v) is 7.73. The summed E-state index contributed by atoms with van der Waals surface area (Å²) in [5.41, 5.74) is 5.15. The van der Waals surface area contributed by atoms with Gasteiger partial charge in [0.15, 0.2) is 0 Å². The molecule has 1 aromatic heterocycles. The van der Waals surface area contributed by atoms with Gasteiger partial charge < -0.3 is 9.88 Å². The van der Waals surface area contributed by atoms with Crippen LogP contribution in [-0.4, -0.2) is 19.1 Å². The van der Waals surface area contributed by atoms with Crippen LogP contribution in [-0.2, 0) is 6.42 Å². The zero-order valence-electron chi connectivity index (χ0n) is 11.7. The summed E-state index contributed by atoms with van der Waals surface area (Å²) in [6.07, 6.45) is 3.09. The van der Waals surface area contributed by atoms with Crippen LogP contribution >= 0.6 is 22.6 Å². The Hall–Kier alpha value is -1.49. The summed E-state index contributed by atoms with van der Waals surface area (Å²) < 4.78 is 1.28. The van der Waals surface area contributed by atoms with Gasteiger partial charge in [-0.15, -0.1) is 0 Å². The third kappa shape index (κ3) is 2.68. The summed E-state index contributed by atoms with van der Waals surface area (Å²) in [7, 11) is 4.13. The van der Waals surface area contributed by atoms with Gasteiger partial charge in [0.2, 0.25) is 0 Å². The van der Waals surface area contributed by atoms with Crippen LogP contribution < -0.4 is 4.90 Å². The van der Waals surface area contributed by atoms with Crippen molar-refractivity contribution in [2.75, 3.05) is 19.0 Å². The number of halogens is 1. The molecule has 0 aliphatic carbocycles. The van der Waals surface area contributed by atoms with Crippen LogP contribution in [0.5, 0.6) is 0 Å². The number of aromatic amines is 1. The molecule has 0 unspecified atom stereocenters. The molecule has 0 spiro atoms. The highest BCUT2D eigenvalue weighted by atomic mass is 127. The van der Waals surface area contributed by atoms with E-state index in [0.717, 1.165) is 6.42 Å². The first-order chi connectivity index (χ1) is 9.63. The van der Waals surface area contributed by atoms with Crippen molar-refractivity contribution in [3.8, 4) is 0 Å². The fourth-order valence-electron chi connectivity index (χ4n) is 2.43. The normalized spacial score (nSPS) is 10.9. The van der Waals surface area contributed by atoms with Gasteiger partial charge in [-0.25, -0.2) is 0 Å². The molecule has 0 atom stereocenters. The molecule has 3 aromatic rings. The van der Waals surface area contributed by atoms with Crippen molar-refractivity contribution in [1.82, 2.24) is 4.98 Å². The first-order valence-electron chi connectivity index (χ1n) is 6.65. The lowest BCUT2D eigenvalue weighted by atomic mass is 10.0. The van der Waals surface area contributed by atoms with Crippen LogP contribution in [0.2, 0.25) is 0 Å². The quantitative estimate of drug-likeness (QED) is 0.671. The van der Waals surface area contributed by atoms with Crippen LogP contribution in [0.15, 0.2) is 48.7 Å². The molecular weight excluding hydrogens is 359 g/mol. The van der Waals surface area contributed by atoms with Gasteiger partial charge in [0.25, 0.3) is 0 Å². The zero-order chi connectivity index (χ0) is 14.1. The molecule has 20 heavy (non-hydrogen) atoms. The fourth-order valence-corrected chi connectivity index (χ4v) is 2.92. The maximum absolute atomic E-state index is 3.35. The van der Waals surface area contributed by atoms with Crippen molar-refractivity contribution < 1.29 is 0 Å². The SMILES string of the molecule is CN(C)c1ccc(Cc2c[nH]c3ccc(I)cc23)cc1. The Labute approximate surface area is 132 Å². The Kier molecular flexibility index (Phi) is 3.70. The van der Waals surface area contributed by atoms with E-state index in [0.29, 0.717) is 0 Å². The summed E-state index contributed by atoms with van der Waals surface area (Å²) in [6, 6.07) is 15.3. The molecule has 1 N–H and O–H groups in total. The minimum Gasteiger partial charge on any atom is -0.378 e. The van der Waals surface area contributed by atoms with Crippen LogP contribution in [0.1, 0.15) is 11.1 Å². The van der Waals surface area contributed by atoms with Crippen molar-refractivity contribution in [2.24, 2.45) is 0 Å². The average Bonchev–Trinajstić information content (AvgIpc) is 2.82. The molecule has 0 aliphatic rings. The summed E-state index contributed by atoms with van der Waals surface area (Å²) >= 11 is 2.37. The monoisotopic (exact) mass is 376 g/mol. The predicted molar refractivity (Wildman–Crippen MR) is 94.6 cm³/mol. The first kappa shape index (κ1) is 13.5. The van der Waals surface area contributed by atoms with Gasteiger partial charge in [-0.05, 0) is 70.5 Å². The van der Waals surface area contributed by atoms with E-state index >= 15 is 0 Å². The second-order valence-electron chi connectivity index (χ2n) is 5.24. The third-order valence-electron chi connectivity index (χ3n) is 3.58. The Morgan fingerprint density at radius 2 is 1.80 bits per heavy atom. The molecule has 0 saturated carbocycles. The molecule has 0 bridgehead atoms. The van der Waals surface area contributed by atoms with Crippen LogP contribution in [0, 0.1) is 3.57 Å². The molecule has 2 aromatic carbocycles. The van der Waals surface area contributed by atoms with Gasteiger partial charge in [0, 0.05) is 40.5 Å². The molecule has 0 aliphatic heterocycles. The topological polar surface area (TPSA) is 19.0 Å². The van der Waals surface area contributed by atoms with Crippen molar-refractivity contribution in [1.29, 1.82) is 0 Å². The number of benzene rings is 2. The van der Waals surface area contributed by atoms with Crippen molar-refractivity contribution in [3.63, 3.8) is 0 Å². The second-order valence-corrected chi connectivity index (χ2v) is 6.49. The molecule has 2 nitrogen and oxygen atoms in total. The molecular formula is C17H17IN2. The second kappa shape index (κ2) is 5.48. The summed E-state index contributed by atoms with van der Waals surface area (Å²) in [5.74, 6) is 0. The largest absolute Gasteiger partial charge is 0.378 e. The van der Waals surface area contributed by atoms with E-state index in [1.165, 1.54) is 31.3 Å². The fraction of sp³-hybridized carbons (Fsp3) is 0.176. The van der Waals surface area contributed by atoms with Crippen molar-refractivity contribution >= 4 is 39.2 Å². The van der Waals surface area contributed by atoms with E-state index in [2.05, 4.69) is 95.2 Å². The number of anilines is 1. The molecule has 3 heteroatoms. The molecule has 0 radical (unpaired) electrons. The van der Waals surface area contributed by atoms with E-state index < -0.39 is 0 Å². The van der Waals surface area contributed by atoms with Gasteiger partial charge in [-0.3, -0.25) is 0 Å². The Morgan fingerprint density at radius 1 is 1.05 bits per heavy atom. The third-order valence-corrected chi connectivity index (χ3v) is 4.25. The van der Waals surface area contributed by atoms with E-state index in [9.17, 15) is 0 Å². The lowest BCUT2D eigenvalue weighted by molar-refractivity contribution is 1.12. The minimum absolute atomic E-state index is 0.966. The maximum atomic E-state index is 3.35. The highest BCUT2D eigenvalue weighted by molar-refractivity contribution is 14.1. The Morgan fingerprint density at radius 3 is 2.50 bits per heavy atom. The Balaban J connectivity index is 1.91. The molecule has 3 rings (SSSR count). The summed E-state index contributed by atoms with van der Waals surface area (Å²) in [5, 5.41) is 1.33. The van der Waals surface area contributed by atoms with Crippen LogP contribution in [0.25, 0.3) is 10.9 Å². The molecule has 1 heterocycles. The number of aromatic nitrogens is 1. The molecule has 0 saturated heterocycles. The van der Waals surface area contributed by atoms with E-state index in [4.69, 9.17) is 0 Å². The number of nitrogens with one attached hydrogen (secondary N) is 1. The van der Waals surface area contributed by atoms with Gasteiger partial charge in [-0.1, -0.05) is 12.1 Å². The number of hydrogen-bond donors (Lipinski definition) is 1. The van der Waals surface area contributed by atoms with E-state index in [-0.39, 0.29) is 0 Å². The van der Waals surface area contributed by atoms with Gasteiger partial charge in [-0.2, -0.15) is 0 Å². The number of hydrogen-bond acceptors (Lipinski definition) is 1. The molecule has 0 amide bonds. The van der Waals surface area contributed by atoms with Crippen LogP contribution in [0.4, 0.5) is 5.69 Å². The molecule has 0 fully saturated rings. The van der Waals surface area contributed by atoms with Gasteiger partial charge in [0.1, 0.15) is 0 Å². The van der Waals surface area contributed by atoms with Crippen molar-refractivity contribution in [3.05, 3.63) is 63.4 Å². The van der Waals surface area contributed by atoms with Crippen molar-refractivity contribution in [2.45, 2.75) is 6.42 Å². The standard InChI is InChI=1S/C17H17IN2/c1-20(2)15-6-3-12(4-7-15)9-13-11-19-17-8-5-14(18)10-16(13)17/h3-8,10-11,19H,9H2,1-2H3. The van der Waals surface area contributed by atoms with E-state index in [1.807, 2.05) is 0 Å². The predicted octanol–water partition coefficient (Wildman–Crippen LogP) is 4.43. The number of nitrogens with zero attached hydrogens (tertiary/aromatic N) is 1. The number of rotatable bonds is 3. The summed E-state index contributed by atoms with van der Waals surface area (Å²) in [6.45, 7) is 0. The number of fused-ring (bicyclic) bond motifs is 1. The highest BCUT2D eigenvalue weighted by Gasteiger charge is 2.05. The average molecular weight is 376 g/mol. The zero-order valence-corrected chi connectivity index (χ0v) is 13.8. The van der Waals surface area contributed by atoms with E-state index in [1.54, 1.807) is 0 Å². The highest BCUT2D eigenvalue weighted by Crippen LogP contribution is 2.24. The molecule has 102 valence electrons. The van der Waals surface area contributed by atoms with Gasteiger partial charge >= 0.3 is 0 Å². The maximum Gasteiger partial charge on any atom is 0.0457 e. The summed E-state index contributed by atoms with van der Waals surface area (Å²) in [4.78, 5) is 5.48. The number of H-pyrrole nitrogens is 1. The minimum atomic E-state index is 0.966. The smallest absolute Gasteiger partial charge is 0.0457 e.